The van der Waals surface area contributed by atoms with E-state index in [0.717, 1.165) is 11.8 Å². The summed E-state index contributed by atoms with van der Waals surface area (Å²) < 4.78 is 41.4. The number of halogens is 3. The Labute approximate surface area is 164 Å². The van der Waals surface area contributed by atoms with Crippen LogP contribution in [0.25, 0.3) is 5.69 Å². The van der Waals surface area contributed by atoms with Crippen molar-refractivity contribution in [2.24, 2.45) is 0 Å². The van der Waals surface area contributed by atoms with Crippen molar-refractivity contribution in [3.8, 4) is 5.69 Å². The van der Waals surface area contributed by atoms with Crippen LogP contribution in [0.5, 0.6) is 0 Å². The minimum atomic E-state index is -1.69. The molecule has 0 unspecified atom stereocenters. The maximum absolute atomic E-state index is 13.6. The molecular formula is C20H17F3N4O2. The Balaban J connectivity index is 1.69. The van der Waals surface area contributed by atoms with E-state index >= 15 is 0 Å². The van der Waals surface area contributed by atoms with E-state index < -0.39 is 41.5 Å². The molecule has 0 saturated heterocycles. The fourth-order valence-corrected chi connectivity index (χ4v) is 2.86. The van der Waals surface area contributed by atoms with Crippen LogP contribution in [-0.4, -0.2) is 28.1 Å². The van der Waals surface area contributed by atoms with Gasteiger partial charge in [-0.15, -0.1) is 0 Å². The molecule has 0 atom stereocenters. The summed E-state index contributed by atoms with van der Waals surface area (Å²) in [5.41, 5.74) is 1.61. The van der Waals surface area contributed by atoms with Gasteiger partial charge in [0, 0.05) is 0 Å². The predicted molar refractivity (Wildman–Crippen MR) is 100 cm³/mol. The number of hydrogen-bond donors (Lipinski definition) is 2. The quantitative estimate of drug-likeness (QED) is 0.643. The molecule has 0 aliphatic heterocycles. The highest BCUT2D eigenvalue weighted by molar-refractivity contribution is 6.00. The molecule has 3 rings (SSSR count). The molecule has 1 aromatic heterocycles. The summed E-state index contributed by atoms with van der Waals surface area (Å²) in [5.74, 6) is -5.90. The molecule has 150 valence electrons. The summed E-state index contributed by atoms with van der Waals surface area (Å²) in [4.78, 5) is 24.5. The number of nitrogens with zero attached hydrogens (tertiary/aromatic N) is 2. The number of carbonyl (C=O) groups excluding carboxylic acids is 2. The minimum Gasteiger partial charge on any atom is -0.343 e. The molecule has 2 N–H and O–H groups in total. The Morgan fingerprint density at radius 2 is 1.69 bits per heavy atom. The third-order valence-corrected chi connectivity index (χ3v) is 4.24. The van der Waals surface area contributed by atoms with Gasteiger partial charge < -0.3 is 10.6 Å². The molecule has 0 saturated carbocycles. The second-order valence-corrected chi connectivity index (χ2v) is 6.25. The first kappa shape index (κ1) is 20.1. The second-order valence-electron chi connectivity index (χ2n) is 6.25. The lowest BCUT2D eigenvalue weighted by Crippen LogP contribution is -2.33. The molecule has 1 heterocycles. The lowest BCUT2D eigenvalue weighted by Gasteiger charge is -2.09. The van der Waals surface area contributed by atoms with Crippen LogP contribution in [0.1, 0.15) is 21.7 Å². The number of aryl methyl sites for hydroxylation is 1. The van der Waals surface area contributed by atoms with Crippen molar-refractivity contribution in [3.63, 3.8) is 0 Å². The van der Waals surface area contributed by atoms with Gasteiger partial charge in [0.2, 0.25) is 5.91 Å². The topological polar surface area (TPSA) is 76.0 Å². The van der Waals surface area contributed by atoms with Crippen molar-refractivity contribution in [1.29, 1.82) is 0 Å². The average Bonchev–Trinajstić information content (AvgIpc) is 3.01. The van der Waals surface area contributed by atoms with Gasteiger partial charge in [-0.1, -0.05) is 18.2 Å². The zero-order chi connectivity index (χ0) is 21.1. The molecule has 2 amide bonds. The molecule has 0 spiro atoms. The smallest absolute Gasteiger partial charge is 0.255 e. The summed E-state index contributed by atoms with van der Waals surface area (Å²) in [6.07, 6.45) is 0. The minimum absolute atomic E-state index is 0.306. The van der Waals surface area contributed by atoms with Gasteiger partial charge in [0.05, 0.1) is 34.9 Å². The van der Waals surface area contributed by atoms with E-state index in [1.807, 2.05) is 30.3 Å². The first-order chi connectivity index (χ1) is 13.8. The van der Waals surface area contributed by atoms with Crippen LogP contribution in [0.2, 0.25) is 0 Å². The Hall–Kier alpha value is -3.62. The Kier molecular flexibility index (Phi) is 5.67. The standard InChI is InChI=1S/C20H17F3N4O2/c1-11-17(12(2)27(26-11)13-6-4-3-5-7-13)20(29)24-10-16(28)25-15-9-8-14(21)18(22)19(15)23/h3-9H,10H2,1-2H3,(H,24,29)(H,25,28). The lowest BCUT2D eigenvalue weighted by molar-refractivity contribution is -0.115. The normalized spacial score (nSPS) is 10.7. The second kappa shape index (κ2) is 8.17. The Bertz CT molecular complexity index is 1080. The van der Waals surface area contributed by atoms with Gasteiger partial charge in [-0.25, -0.2) is 17.9 Å². The van der Waals surface area contributed by atoms with Gasteiger partial charge in [-0.05, 0) is 38.1 Å². The van der Waals surface area contributed by atoms with E-state index in [2.05, 4.69) is 15.7 Å². The molecule has 29 heavy (non-hydrogen) atoms. The Morgan fingerprint density at radius 1 is 1.00 bits per heavy atom. The van der Waals surface area contributed by atoms with Crippen molar-refractivity contribution >= 4 is 17.5 Å². The van der Waals surface area contributed by atoms with E-state index in [1.54, 1.807) is 18.5 Å². The molecule has 2 aromatic carbocycles. The van der Waals surface area contributed by atoms with E-state index in [9.17, 15) is 22.8 Å². The first-order valence-electron chi connectivity index (χ1n) is 8.62. The van der Waals surface area contributed by atoms with Crippen LogP contribution in [-0.2, 0) is 4.79 Å². The molecule has 9 heteroatoms. The van der Waals surface area contributed by atoms with Gasteiger partial charge >= 0.3 is 0 Å². The van der Waals surface area contributed by atoms with Crippen molar-refractivity contribution in [1.82, 2.24) is 15.1 Å². The van der Waals surface area contributed by atoms with Crippen LogP contribution in [0.4, 0.5) is 18.9 Å². The highest BCUT2D eigenvalue weighted by atomic mass is 19.2. The zero-order valence-corrected chi connectivity index (χ0v) is 15.6. The van der Waals surface area contributed by atoms with Crippen LogP contribution >= 0.6 is 0 Å². The third kappa shape index (κ3) is 4.13. The van der Waals surface area contributed by atoms with Crippen LogP contribution in [0.3, 0.4) is 0 Å². The van der Waals surface area contributed by atoms with E-state index in [1.165, 1.54) is 0 Å². The molecule has 0 aliphatic rings. The summed E-state index contributed by atoms with van der Waals surface area (Å²) in [7, 11) is 0. The van der Waals surface area contributed by atoms with E-state index in [4.69, 9.17) is 0 Å². The van der Waals surface area contributed by atoms with Crippen LogP contribution in [0, 0.1) is 31.3 Å². The zero-order valence-electron chi connectivity index (χ0n) is 15.6. The molecule has 6 nitrogen and oxygen atoms in total. The van der Waals surface area contributed by atoms with Gasteiger partial charge in [0.25, 0.3) is 5.91 Å². The van der Waals surface area contributed by atoms with Crippen LogP contribution in [0.15, 0.2) is 42.5 Å². The number of carbonyl (C=O) groups is 2. The number of hydrogen-bond acceptors (Lipinski definition) is 3. The van der Waals surface area contributed by atoms with Crippen LogP contribution < -0.4 is 10.6 Å². The summed E-state index contributed by atoms with van der Waals surface area (Å²) in [5, 5.41) is 8.86. The number of rotatable bonds is 5. The molecule has 0 aliphatic carbocycles. The van der Waals surface area contributed by atoms with Gasteiger partial charge in [0.1, 0.15) is 0 Å². The largest absolute Gasteiger partial charge is 0.343 e. The number of anilines is 1. The third-order valence-electron chi connectivity index (χ3n) is 4.24. The van der Waals surface area contributed by atoms with Crippen molar-refractivity contribution in [2.45, 2.75) is 13.8 Å². The maximum Gasteiger partial charge on any atom is 0.255 e. The number of aromatic nitrogens is 2. The number of amides is 2. The van der Waals surface area contributed by atoms with E-state index in [0.29, 0.717) is 23.0 Å². The number of benzene rings is 2. The molecule has 0 fully saturated rings. The van der Waals surface area contributed by atoms with Crippen molar-refractivity contribution < 1.29 is 22.8 Å². The highest BCUT2D eigenvalue weighted by Gasteiger charge is 2.20. The maximum atomic E-state index is 13.6. The van der Waals surface area contributed by atoms with Gasteiger partial charge in [0.15, 0.2) is 17.5 Å². The molecule has 0 radical (unpaired) electrons. The summed E-state index contributed by atoms with van der Waals surface area (Å²) in [6, 6.07) is 10.8. The van der Waals surface area contributed by atoms with Crippen molar-refractivity contribution in [3.05, 3.63) is 76.9 Å². The fraction of sp³-hybridized carbons (Fsp3) is 0.150. The summed E-state index contributed by atoms with van der Waals surface area (Å²) in [6.45, 7) is 2.89. The summed E-state index contributed by atoms with van der Waals surface area (Å²) >= 11 is 0. The first-order valence-corrected chi connectivity index (χ1v) is 8.62. The number of nitrogens with one attached hydrogen (secondary N) is 2. The van der Waals surface area contributed by atoms with Crippen molar-refractivity contribution in [2.75, 3.05) is 11.9 Å². The monoisotopic (exact) mass is 402 g/mol. The van der Waals surface area contributed by atoms with E-state index in [-0.39, 0.29) is 0 Å². The number of para-hydroxylation sites is 1. The predicted octanol–water partition coefficient (Wildman–Crippen LogP) is 3.27. The average molecular weight is 402 g/mol. The highest BCUT2D eigenvalue weighted by Crippen LogP contribution is 2.20. The Morgan fingerprint density at radius 3 is 2.38 bits per heavy atom. The lowest BCUT2D eigenvalue weighted by atomic mass is 10.2. The molecule has 3 aromatic rings. The fourth-order valence-electron chi connectivity index (χ4n) is 2.86. The molecule has 0 bridgehead atoms. The SMILES string of the molecule is Cc1nn(-c2ccccc2)c(C)c1C(=O)NCC(=O)Nc1ccc(F)c(F)c1F. The van der Waals surface area contributed by atoms with Gasteiger partial charge in [-0.3, -0.25) is 9.59 Å². The molecular weight excluding hydrogens is 385 g/mol. The van der Waals surface area contributed by atoms with Gasteiger partial charge in [-0.2, -0.15) is 5.10 Å².